The summed E-state index contributed by atoms with van der Waals surface area (Å²) in [6.45, 7) is 12.1. The minimum atomic E-state index is -1.72. The van der Waals surface area contributed by atoms with Gasteiger partial charge in [-0.2, -0.15) is 0 Å². The van der Waals surface area contributed by atoms with Crippen LogP contribution >= 0.6 is 0 Å². The Morgan fingerprint density at radius 1 is 0.557 bits per heavy atom. The van der Waals surface area contributed by atoms with E-state index in [0.29, 0.717) is 65.3 Å². The highest BCUT2D eigenvalue weighted by Gasteiger charge is 2.50. The monoisotopic (exact) mass is 1610 g/mol. The molecule has 34 nitrogen and oxygen atoms in total. The number of aliphatic hydroxyl groups excluding tert-OH is 8. The Bertz CT molecular complexity index is 4300. The lowest BCUT2D eigenvalue weighted by Gasteiger charge is -2.39. The van der Waals surface area contributed by atoms with E-state index in [4.69, 9.17) is 77.9 Å². The molecule has 0 spiro atoms. The number of anilines is 1. The van der Waals surface area contributed by atoms with E-state index in [9.17, 15) is 69.6 Å². The van der Waals surface area contributed by atoms with Crippen LogP contribution in [0, 0.1) is 6.92 Å². The Kier molecular flexibility index (Phi) is 30.1. The van der Waals surface area contributed by atoms with Gasteiger partial charge < -0.3 is 128 Å². The van der Waals surface area contributed by atoms with E-state index in [1.54, 1.807) is 31.2 Å². The number of carbonyl (C=O) groups is 6. The van der Waals surface area contributed by atoms with Crippen LogP contribution in [0.2, 0.25) is 0 Å². The van der Waals surface area contributed by atoms with E-state index in [1.807, 2.05) is 0 Å². The van der Waals surface area contributed by atoms with Crippen LogP contribution in [0.1, 0.15) is 126 Å². The zero-order valence-electron chi connectivity index (χ0n) is 64.4. The molecule has 6 heterocycles. The van der Waals surface area contributed by atoms with Gasteiger partial charge in [0, 0.05) is 64.4 Å². The molecular weight excluding hydrogens is 1510 g/mol. The van der Waals surface area contributed by atoms with Crippen LogP contribution < -0.4 is 45.0 Å². The molecule has 0 bridgehead atoms. The molecule has 14 atom stereocenters. The van der Waals surface area contributed by atoms with Crippen molar-refractivity contribution < 1.29 is 141 Å². The molecule has 0 aromatic heterocycles. The standard InChI is InChI=1S/C81H101N5O29/c1-43-25-58-70(91)68(78(99)109-38-47-11-14-64(115-80-74(95)72(93)69(90)46(4)113-80)56(31-47)61(88)10-8-17-103-22-24-112-83)52-33-65(45(3)27-53(52)75(96)84(58)36-43)107-40-49-28-50(30-51(29-49)106-23-21-105-20-19-104-18-15-82)41-108-67-35-57-54(34-66(67)102-6)76(97)85-37-44(2)26-59(85)77(98)86(57)81(100)111-39-48-12-13-63(55(32-48)60(87)9-7-16-101-5)114-79-73(94)71(92)62(89)42-110-79/h11-14,27-35,46,58-59,62,68-74,77,79-80,89-95,98H,1-2,7-10,15-26,36-42,82-83H2,3-6H3/t46-,58+,59+,62-,68?,69-,70?,71+,72+,73-,74-,77?,79+,80+/m1/s1. The van der Waals surface area contributed by atoms with Crippen molar-refractivity contribution in [2.75, 3.05) is 105 Å². The zero-order valence-corrected chi connectivity index (χ0v) is 64.4. The third-order valence-corrected chi connectivity index (χ3v) is 20.5. The van der Waals surface area contributed by atoms with Gasteiger partial charge in [-0.05, 0) is 134 Å². The molecule has 5 aromatic carbocycles. The highest BCUT2D eigenvalue weighted by atomic mass is 16.7. The molecule has 0 saturated carbocycles. The van der Waals surface area contributed by atoms with E-state index in [2.05, 4.69) is 18.0 Å². The Labute approximate surface area is 663 Å². The topological polar surface area (TPSA) is 464 Å². The van der Waals surface area contributed by atoms with Gasteiger partial charge in [-0.15, -0.1) is 0 Å². The number of hydrogen-bond donors (Lipinski definition) is 10. The summed E-state index contributed by atoms with van der Waals surface area (Å²) in [5.74, 6) is 1.34. The van der Waals surface area contributed by atoms with Crippen LogP contribution in [0.4, 0.5) is 10.5 Å². The lowest BCUT2D eigenvalue weighted by molar-refractivity contribution is -0.268. The predicted octanol–water partition coefficient (Wildman–Crippen LogP) is 3.25. The molecule has 0 aliphatic carbocycles. The SMILES string of the molecule is C=C1C[C@H]2C(O)C(C(=O)OCc3ccc(O[C@@H]4O[C@H](C)[C@@H](O)[C@H](O)[C@H]4O)c(C(=O)CCCOCCON)c3)c3cc(OCc4cc(COc5cc6c(cc5OC)C(=O)N5CC(=C)C[C@H]5C(O)N6C(=O)OCc5ccc(O[C@@H]6OC[C@@H](O)[C@H](O)[C@H]6O)c(C(=O)CCCOC)c5)cc(OCCOCCOCCN)c4)c(C)cc3C(=O)N2C1. The van der Waals surface area contributed by atoms with Crippen LogP contribution in [0.15, 0.2) is 103 Å². The number of aliphatic hydroxyl groups is 8. The number of nitrogens with two attached hydrogens (primary N) is 2. The van der Waals surface area contributed by atoms with Gasteiger partial charge in [-0.3, -0.25) is 24.0 Å². The maximum atomic E-state index is 14.9. The average molecular weight is 1610 g/mol. The van der Waals surface area contributed by atoms with Crippen molar-refractivity contribution in [2.45, 2.75) is 164 Å². The molecule has 624 valence electrons. The number of hydrogen-bond acceptors (Lipinski definition) is 31. The molecular formula is C81H101N5O29. The summed E-state index contributed by atoms with van der Waals surface area (Å²) in [4.78, 5) is 95.3. The van der Waals surface area contributed by atoms with Crippen LogP contribution in [-0.2, 0) is 74.0 Å². The van der Waals surface area contributed by atoms with Gasteiger partial charge in [0.2, 0.25) is 12.6 Å². The summed E-state index contributed by atoms with van der Waals surface area (Å²) in [5, 5.41) is 87.7. The number of carbonyl (C=O) groups excluding carboxylic acids is 6. The second kappa shape index (κ2) is 40.0. The molecule has 4 fully saturated rings. The first-order valence-electron chi connectivity index (χ1n) is 37.9. The number of nitrogens with zero attached hydrogens (tertiary/aromatic N) is 3. The molecule has 3 amide bonds. The average Bonchev–Trinajstić information content (AvgIpc) is 1.58. The Balaban J connectivity index is 0.857. The summed E-state index contributed by atoms with van der Waals surface area (Å²) in [7, 11) is 2.84. The molecule has 6 aliphatic rings. The van der Waals surface area contributed by atoms with Crippen LogP contribution in [0.25, 0.3) is 0 Å². The number of benzene rings is 5. The first-order valence-corrected chi connectivity index (χ1v) is 37.9. The van der Waals surface area contributed by atoms with E-state index in [-0.39, 0.29) is 179 Å². The Morgan fingerprint density at radius 3 is 1.79 bits per heavy atom. The number of amides is 3. The van der Waals surface area contributed by atoms with Gasteiger partial charge >= 0.3 is 12.1 Å². The minimum absolute atomic E-state index is 0.00141. The zero-order chi connectivity index (χ0) is 82.3. The fourth-order valence-electron chi connectivity index (χ4n) is 14.5. The van der Waals surface area contributed by atoms with Crippen molar-refractivity contribution >= 4 is 41.1 Å². The second-order valence-corrected chi connectivity index (χ2v) is 28.8. The van der Waals surface area contributed by atoms with Crippen molar-refractivity contribution in [3.8, 4) is 34.5 Å². The molecule has 5 aromatic rings. The number of aryl methyl sites for hydroxylation is 1. The van der Waals surface area contributed by atoms with Gasteiger partial charge in [0.05, 0.1) is 100 Å². The number of rotatable bonds is 38. The third kappa shape index (κ3) is 20.8. The van der Waals surface area contributed by atoms with Crippen molar-refractivity contribution in [3.05, 3.63) is 159 Å². The largest absolute Gasteiger partial charge is 0.493 e. The van der Waals surface area contributed by atoms with Gasteiger partial charge in [-0.1, -0.05) is 36.4 Å². The van der Waals surface area contributed by atoms with E-state index in [1.165, 1.54) is 85.5 Å². The molecule has 12 N–H and O–H groups in total. The number of Topliss-reactive ketones (excluding diaryl/α,β-unsaturated/α-hetero) is 2. The maximum Gasteiger partial charge on any atom is 0.416 e. The smallest absolute Gasteiger partial charge is 0.416 e. The number of methoxy groups -OCH3 is 2. The summed E-state index contributed by atoms with van der Waals surface area (Å²) in [6.07, 6.45) is -16.9. The van der Waals surface area contributed by atoms with Gasteiger partial charge in [0.25, 0.3) is 11.8 Å². The molecule has 4 saturated heterocycles. The molecule has 6 aliphatic heterocycles. The van der Waals surface area contributed by atoms with Gasteiger partial charge in [-0.25, -0.2) is 15.6 Å². The second-order valence-electron chi connectivity index (χ2n) is 28.8. The van der Waals surface area contributed by atoms with Crippen molar-refractivity contribution in [3.63, 3.8) is 0 Å². The molecule has 34 heteroatoms. The van der Waals surface area contributed by atoms with Crippen molar-refractivity contribution in [1.82, 2.24) is 9.80 Å². The number of fused-ring (bicyclic) bond motifs is 4. The summed E-state index contributed by atoms with van der Waals surface area (Å²) < 4.78 is 82.2. The third-order valence-electron chi connectivity index (χ3n) is 20.5. The van der Waals surface area contributed by atoms with Gasteiger partial charge in [0.1, 0.15) is 98.6 Å². The van der Waals surface area contributed by atoms with Crippen molar-refractivity contribution in [1.29, 1.82) is 0 Å². The quantitative estimate of drug-likeness (QED) is 0.00891. The minimum Gasteiger partial charge on any atom is -0.493 e. The summed E-state index contributed by atoms with van der Waals surface area (Å²) >= 11 is 0. The maximum absolute atomic E-state index is 14.9. The number of ether oxygens (including phenoxy) is 14. The summed E-state index contributed by atoms with van der Waals surface area (Å²) in [5.41, 5.74) is 8.95. The number of ketones is 2. The normalized spacial score (nSPS) is 24.5. The predicted molar refractivity (Wildman–Crippen MR) is 404 cm³/mol. The fraction of sp³-hybridized carbons (Fsp3) is 0.506. The Morgan fingerprint density at radius 2 is 1.14 bits per heavy atom. The lowest BCUT2D eigenvalue weighted by Crippen LogP contribution is -2.58. The lowest BCUT2D eigenvalue weighted by atomic mass is 9.86. The molecule has 115 heavy (non-hydrogen) atoms. The van der Waals surface area contributed by atoms with E-state index < -0.39 is 134 Å². The summed E-state index contributed by atoms with van der Waals surface area (Å²) in [6, 6.07) is 17.8. The van der Waals surface area contributed by atoms with Gasteiger partial charge in [0.15, 0.2) is 29.3 Å². The van der Waals surface area contributed by atoms with Crippen LogP contribution in [0.5, 0.6) is 34.5 Å². The van der Waals surface area contributed by atoms with Crippen molar-refractivity contribution in [2.24, 2.45) is 11.6 Å². The first-order chi connectivity index (χ1) is 55.3. The van der Waals surface area contributed by atoms with E-state index in [0.717, 1.165) is 4.90 Å². The molecule has 11 rings (SSSR count). The Hall–Kier alpha value is -9.28. The van der Waals surface area contributed by atoms with Crippen LogP contribution in [0.3, 0.4) is 0 Å². The highest BCUT2D eigenvalue weighted by molar-refractivity contribution is 6.06. The first kappa shape index (κ1) is 86.6. The van der Waals surface area contributed by atoms with E-state index >= 15 is 0 Å². The van der Waals surface area contributed by atoms with Crippen LogP contribution in [-0.4, -0.2) is 266 Å². The number of esters is 1. The highest BCUT2D eigenvalue weighted by Crippen LogP contribution is 2.45. The molecule has 0 radical (unpaired) electrons. The fourth-order valence-corrected chi connectivity index (χ4v) is 14.5. The molecule has 3 unspecified atom stereocenters.